The third kappa shape index (κ3) is 6.77. The van der Waals surface area contributed by atoms with Crippen molar-refractivity contribution in [3.8, 4) is 11.5 Å². The molecule has 168 valence electrons. The molecule has 1 saturated heterocycles. The molecule has 1 saturated carbocycles. The lowest BCUT2D eigenvalue weighted by molar-refractivity contribution is 0.0320. The van der Waals surface area contributed by atoms with Crippen LogP contribution in [0.25, 0.3) is 0 Å². The number of guanidine groups is 1. The standard InChI is InChI=1S/C23H38N4O3/c1-18(17-27-11-13-29-14-12-27)15-25-23(24-2)26-16-19-7-6-10-21(28-3)22(19)30-20-8-4-5-9-20/h6-7,10,18,20H,4-5,8-9,11-17H2,1-3H3,(H2,24,25,26). The zero-order valence-corrected chi connectivity index (χ0v) is 18.8. The molecule has 2 aliphatic rings. The molecule has 2 N–H and O–H groups in total. The van der Waals surface area contributed by atoms with E-state index in [0.29, 0.717) is 18.6 Å². The zero-order chi connectivity index (χ0) is 21.2. The Hall–Kier alpha value is -1.99. The Kier molecular flexibility index (Phi) is 9.08. The molecule has 1 unspecified atom stereocenters. The van der Waals surface area contributed by atoms with E-state index in [1.807, 2.05) is 19.2 Å². The highest BCUT2D eigenvalue weighted by molar-refractivity contribution is 5.79. The molecule has 7 heteroatoms. The van der Waals surface area contributed by atoms with Crippen molar-refractivity contribution in [2.24, 2.45) is 10.9 Å². The first-order valence-corrected chi connectivity index (χ1v) is 11.3. The lowest BCUT2D eigenvalue weighted by Crippen LogP contribution is -2.43. The average molecular weight is 419 g/mol. The largest absolute Gasteiger partial charge is 0.493 e. The topological polar surface area (TPSA) is 67.4 Å². The summed E-state index contributed by atoms with van der Waals surface area (Å²) in [7, 11) is 3.51. The summed E-state index contributed by atoms with van der Waals surface area (Å²) in [4.78, 5) is 6.85. The van der Waals surface area contributed by atoms with Crippen LogP contribution in [0.4, 0.5) is 0 Å². The maximum absolute atomic E-state index is 6.34. The first-order valence-electron chi connectivity index (χ1n) is 11.3. The SMILES string of the molecule is CN=C(NCc1cccc(OC)c1OC1CCCC1)NCC(C)CN1CCOCC1. The fourth-order valence-corrected chi connectivity index (χ4v) is 4.13. The lowest BCUT2D eigenvalue weighted by atomic mass is 10.1. The van der Waals surface area contributed by atoms with E-state index in [4.69, 9.17) is 14.2 Å². The number of aliphatic imine (C=N–C) groups is 1. The third-order valence-corrected chi connectivity index (χ3v) is 5.83. The van der Waals surface area contributed by atoms with Crippen LogP contribution in [0.2, 0.25) is 0 Å². The fraction of sp³-hybridized carbons (Fsp3) is 0.696. The van der Waals surface area contributed by atoms with Crippen LogP contribution in [-0.4, -0.2) is 70.5 Å². The number of hydrogen-bond acceptors (Lipinski definition) is 5. The molecule has 1 atom stereocenters. The molecule has 1 aliphatic heterocycles. The van der Waals surface area contributed by atoms with Crippen LogP contribution in [0, 0.1) is 5.92 Å². The quantitative estimate of drug-likeness (QED) is 0.475. The summed E-state index contributed by atoms with van der Waals surface area (Å²) < 4.78 is 17.3. The van der Waals surface area contributed by atoms with Crippen LogP contribution in [0.3, 0.4) is 0 Å². The minimum Gasteiger partial charge on any atom is -0.493 e. The van der Waals surface area contributed by atoms with Crippen LogP contribution in [0.5, 0.6) is 11.5 Å². The predicted molar refractivity (Wildman–Crippen MR) is 121 cm³/mol. The average Bonchev–Trinajstić information content (AvgIpc) is 3.28. The second-order valence-corrected chi connectivity index (χ2v) is 8.30. The van der Waals surface area contributed by atoms with Crippen LogP contribution in [0.15, 0.2) is 23.2 Å². The Bertz CT molecular complexity index is 670. The Morgan fingerprint density at radius 1 is 1.23 bits per heavy atom. The van der Waals surface area contributed by atoms with Crippen molar-refractivity contribution < 1.29 is 14.2 Å². The summed E-state index contributed by atoms with van der Waals surface area (Å²) in [6.07, 6.45) is 5.02. The molecule has 0 radical (unpaired) electrons. The van der Waals surface area contributed by atoms with Gasteiger partial charge in [-0.1, -0.05) is 19.1 Å². The van der Waals surface area contributed by atoms with Gasteiger partial charge in [-0.2, -0.15) is 0 Å². The molecule has 0 bridgehead atoms. The Balaban J connectivity index is 1.51. The molecular weight excluding hydrogens is 380 g/mol. The number of methoxy groups -OCH3 is 1. The normalized spacial score (nSPS) is 19.5. The van der Waals surface area contributed by atoms with Gasteiger partial charge in [0.05, 0.1) is 26.4 Å². The van der Waals surface area contributed by atoms with Gasteiger partial charge in [-0.05, 0) is 37.7 Å². The van der Waals surface area contributed by atoms with Gasteiger partial charge in [0.2, 0.25) is 0 Å². The number of hydrogen-bond donors (Lipinski definition) is 2. The first kappa shape index (κ1) is 22.7. The second kappa shape index (κ2) is 12.0. The van der Waals surface area contributed by atoms with Crippen molar-refractivity contribution >= 4 is 5.96 Å². The minimum absolute atomic E-state index is 0.290. The van der Waals surface area contributed by atoms with Crippen molar-refractivity contribution in [1.29, 1.82) is 0 Å². The zero-order valence-electron chi connectivity index (χ0n) is 18.8. The molecule has 2 fully saturated rings. The van der Waals surface area contributed by atoms with Crippen LogP contribution < -0.4 is 20.1 Å². The van der Waals surface area contributed by atoms with Crippen LogP contribution in [-0.2, 0) is 11.3 Å². The molecule has 0 aromatic heterocycles. The Morgan fingerprint density at radius 2 is 2.00 bits per heavy atom. The van der Waals surface area contributed by atoms with E-state index in [9.17, 15) is 0 Å². The predicted octanol–water partition coefficient (Wildman–Crippen LogP) is 2.65. The van der Waals surface area contributed by atoms with Gasteiger partial charge < -0.3 is 24.8 Å². The smallest absolute Gasteiger partial charge is 0.191 e. The maximum atomic E-state index is 6.34. The van der Waals surface area contributed by atoms with Gasteiger partial charge in [0.25, 0.3) is 0 Å². The number of nitrogens with zero attached hydrogens (tertiary/aromatic N) is 2. The highest BCUT2D eigenvalue weighted by atomic mass is 16.5. The van der Waals surface area contributed by atoms with Gasteiger partial charge in [0.15, 0.2) is 17.5 Å². The minimum atomic E-state index is 0.290. The van der Waals surface area contributed by atoms with E-state index in [1.165, 1.54) is 12.8 Å². The molecule has 3 rings (SSSR count). The van der Waals surface area contributed by atoms with Crippen molar-refractivity contribution in [3.63, 3.8) is 0 Å². The molecule has 1 aromatic rings. The molecular formula is C23H38N4O3. The number of para-hydroxylation sites is 1. The monoisotopic (exact) mass is 418 g/mol. The van der Waals surface area contributed by atoms with Crippen LogP contribution in [0.1, 0.15) is 38.2 Å². The highest BCUT2D eigenvalue weighted by Crippen LogP contribution is 2.34. The third-order valence-electron chi connectivity index (χ3n) is 5.83. The number of nitrogens with one attached hydrogen (secondary N) is 2. The van der Waals surface area contributed by atoms with E-state index in [2.05, 4.69) is 33.5 Å². The Morgan fingerprint density at radius 3 is 2.70 bits per heavy atom. The fourth-order valence-electron chi connectivity index (χ4n) is 4.13. The van der Waals surface area contributed by atoms with E-state index in [-0.39, 0.29) is 0 Å². The number of rotatable bonds is 9. The molecule has 1 aliphatic carbocycles. The van der Waals surface area contributed by atoms with E-state index < -0.39 is 0 Å². The molecule has 30 heavy (non-hydrogen) atoms. The second-order valence-electron chi connectivity index (χ2n) is 8.30. The molecule has 0 spiro atoms. The molecule has 1 aromatic carbocycles. The van der Waals surface area contributed by atoms with Crippen molar-refractivity contribution in [3.05, 3.63) is 23.8 Å². The van der Waals surface area contributed by atoms with Crippen molar-refractivity contribution in [1.82, 2.24) is 15.5 Å². The van der Waals surface area contributed by atoms with Gasteiger partial charge in [-0.15, -0.1) is 0 Å². The molecule has 0 amide bonds. The van der Waals surface area contributed by atoms with Crippen molar-refractivity contribution in [2.45, 2.75) is 45.3 Å². The number of morpholine rings is 1. The van der Waals surface area contributed by atoms with E-state index in [0.717, 1.165) is 75.3 Å². The van der Waals surface area contributed by atoms with E-state index >= 15 is 0 Å². The van der Waals surface area contributed by atoms with Gasteiger partial charge in [-0.3, -0.25) is 9.89 Å². The first-order chi connectivity index (χ1) is 14.7. The molecule has 7 nitrogen and oxygen atoms in total. The van der Waals surface area contributed by atoms with Crippen LogP contribution >= 0.6 is 0 Å². The van der Waals surface area contributed by atoms with E-state index in [1.54, 1.807) is 7.11 Å². The summed E-state index contributed by atoms with van der Waals surface area (Å²) in [5.41, 5.74) is 1.09. The highest BCUT2D eigenvalue weighted by Gasteiger charge is 2.21. The summed E-state index contributed by atoms with van der Waals surface area (Å²) >= 11 is 0. The van der Waals surface area contributed by atoms with Crippen molar-refractivity contribution in [2.75, 3.05) is 53.6 Å². The van der Waals surface area contributed by atoms with Gasteiger partial charge >= 0.3 is 0 Å². The number of benzene rings is 1. The lowest BCUT2D eigenvalue weighted by Gasteiger charge is -2.29. The summed E-state index contributed by atoms with van der Waals surface area (Å²) in [6.45, 7) is 8.59. The van der Waals surface area contributed by atoms with Gasteiger partial charge in [0, 0.05) is 45.3 Å². The number of ether oxygens (including phenoxy) is 3. The summed E-state index contributed by atoms with van der Waals surface area (Å²) in [5, 5.41) is 6.89. The van der Waals surface area contributed by atoms with Gasteiger partial charge in [0.1, 0.15) is 0 Å². The molecule has 1 heterocycles. The van der Waals surface area contributed by atoms with Gasteiger partial charge in [-0.25, -0.2) is 0 Å². The summed E-state index contributed by atoms with van der Waals surface area (Å²) in [6, 6.07) is 6.07. The Labute approximate surface area is 181 Å². The summed E-state index contributed by atoms with van der Waals surface area (Å²) in [5.74, 6) is 2.98. The maximum Gasteiger partial charge on any atom is 0.191 e.